The molecule has 4 rings (SSSR count). The Morgan fingerprint density at radius 2 is 1.82 bits per heavy atom. The minimum Gasteiger partial charge on any atom is -0.268 e. The predicted octanol–water partition coefficient (Wildman–Crippen LogP) is 5.47. The number of carbonyl (C=O) groups is 2. The average Bonchev–Trinajstić information content (AvgIpc) is 3.28. The minimum atomic E-state index is -4.58. The predicted molar refractivity (Wildman–Crippen MR) is 140 cm³/mol. The lowest BCUT2D eigenvalue weighted by atomic mass is 10.1. The maximum atomic E-state index is 13.5. The first kappa shape index (κ1) is 28.1. The van der Waals surface area contributed by atoms with E-state index in [1.807, 2.05) is 0 Å². The average molecular weight is 587 g/mol. The summed E-state index contributed by atoms with van der Waals surface area (Å²) < 4.78 is 69.0. The van der Waals surface area contributed by atoms with Crippen molar-refractivity contribution in [3.05, 3.63) is 69.2 Å². The van der Waals surface area contributed by atoms with Gasteiger partial charge in [-0.2, -0.15) is 18.3 Å². The van der Waals surface area contributed by atoms with E-state index < -0.39 is 44.3 Å². The van der Waals surface area contributed by atoms with Gasteiger partial charge in [-0.15, -0.1) is 0 Å². The van der Waals surface area contributed by atoms with Gasteiger partial charge < -0.3 is 0 Å². The molecule has 1 fully saturated rings. The summed E-state index contributed by atoms with van der Waals surface area (Å²) >= 11 is 6.38. The Labute approximate surface area is 225 Å². The lowest BCUT2D eigenvalue weighted by molar-refractivity contribution is -0.138. The first-order valence-corrected chi connectivity index (χ1v) is 14.0. The molecule has 0 atom stereocenters. The number of benzene rings is 2. The summed E-state index contributed by atoms with van der Waals surface area (Å²) in [6, 6.07) is 8.49. The van der Waals surface area contributed by atoms with Gasteiger partial charge in [0, 0.05) is 15.9 Å². The number of nitrogens with zero attached hydrogens (tertiary/aromatic N) is 3. The Hall–Kier alpha value is -2.87. The highest BCUT2D eigenvalue weighted by Crippen LogP contribution is 2.35. The van der Waals surface area contributed by atoms with Crippen LogP contribution in [0.2, 0.25) is 5.02 Å². The van der Waals surface area contributed by atoms with Gasteiger partial charge in [-0.05, 0) is 74.0 Å². The van der Waals surface area contributed by atoms with Gasteiger partial charge in [0.25, 0.3) is 11.1 Å². The van der Waals surface area contributed by atoms with Crippen molar-refractivity contribution in [2.75, 3.05) is 5.88 Å². The van der Waals surface area contributed by atoms with E-state index in [2.05, 4.69) is 9.82 Å². The Balaban J connectivity index is 1.57. The van der Waals surface area contributed by atoms with Crippen LogP contribution in [-0.4, -0.2) is 45.7 Å². The Morgan fingerprint density at radius 3 is 2.47 bits per heavy atom. The van der Waals surface area contributed by atoms with E-state index in [1.165, 1.54) is 29.1 Å². The van der Waals surface area contributed by atoms with Gasteiger partial charge in [0.1, 0.15) is 5.88 Å². The third-order valence-corrected chi connectivity index (χ3v) is 7.96. The summed E-state index contributed by atoms with van der Waals surface area (Å²) in [5.41, 5.74) is -0.544. The zero-order valence-corrected chi connectivity index (χ0v) is 22.7. The molecule has 3 aromatic rings. The molecule has 0 bridgehead atoms. The second kappa shape index (κ2) is 10.0. The van der Waals surface area contributed by atoms with E-state index in [0.29, 0.717) is 33.1 Å². The number of thioether (sulfide) groups is 1. The molecule has 0 unspecified atom stereocenters. The molecular weight excluding hydrogens is 565 g/mol. The molecule has 1 aromatic heterocycles. The number of halogens is 4. The molecule has 0 spiro atoms. The number of carbonyl (C=O) groups excluding carboxylic acids is 2. The molecule has 0 saturated carbocycles. The fourth-order valence-electron chi connectivity index (χ4n) is 3.86. The number of fused-ring (bicyclic) bond motifs is 1. The number of sulfonamides is 1. The molecule has 1 aliphatic heterocycles. The standard InChI is InChI=1S/C24H22ClF3N4O4S2/c1-23(2,3)30-38(35,36)13-31-21(33)20(37-22(31)34)9-14-4-7-19-16(8-14)11-29-32(19)12-15-5-6-17(25)10-18(15)24(26,27)28/h4-11,30H,12-13H2,1-3H3/b20-9-. The molecular formula is C24H22ClF3N4O4S2. The number of hydrogen-bond donors (Lipinski definition) is 1. The molecule has 38 heavy (non-hydrogen) atoms. The highest BCUT2D eigenvalue weighted by atomic mass is 35.5. The Kier molecular flexibility index (Phi) is 7.43. The largest absolute Gasteiger partial charge is 0.416 e. The van der Waals surface area contributed by atoms with E-state index in [0.717, 1.165) is 6.07 Å². The van der Waals surface area contributed by atoms with Crippen molar-refractivity contribution < 1.29 is 31.2 Å². The molecule has 1 saturated heterocycles. The maximum Gasteiger partial charge on any atom is 0.416 e. The molecule has 8 nitrogen and oxygen atoms in total. The third kappa shape index (κ3) is 6.40. The molecule has 2 heterocycles. The number of amides is 2. The van der Waals surface area contributed by atoms with Crippen molar-refractivity contribution in [1.82, 2.24) is 19.4 Å². The van der Waals surface area contributed by atoms with Crippen LogP contribution in [0.15, 0.2) is 47.5 Å². The van der Waals surface area contributed by atoms with Gasteiger partial charge in [0.15, 0.2) is 0 Å². The molecule has 2 aromatic carbocycles. The van der Waals surface area contributed by atoms with Gasteiger partial charge in [-0.25, -0.2) is 13.1 Å². The van der Waals surface area contributed by atoms with Crippen LogP contribution in [0.1, 0.15) is 37.5 Å². The SMILES string of the molecule is CC(C)(C)NS(=O)(=O)CN1C(=O)S/C(=C\c2ccc3c(cnn3Cc3ccc(Cl)cc3C(F)(F)F)c2)C1=O. The zero-order valence-electron chi connectivity index (χ0n) is 20.3. The lowest BCUT2D eigenvalue weighted by Gasteiger charge is -2.22. The van der Waals surface area contributed by atoms with Crippen LogP contribution in [0.5, 0.6) is 0 Å². The van der Waals surface area contributed by atoms with E-state index in [1.54, 1.807) is 39.0 Å². The molecule has 0 aliphatic carbocycles. The smallest absolute Gasteiger partial charge is 0.268 e. The molecule has 2 amide bonds. The summed E-state index contributed by atoms with van der Waals surface area (Å²) in [6.45, 7) is 4.77. The molecule has 1 N–H and O–H groups in total. The molecule has 0 radical (unpaired) electrons. The topological polar surface area (TPSA) is 101 Å². The minimum absolute atomic E-state index is 0.000512. The van der Waals surface area contributed by atoms with E-state index >= 15 is 0 Å². The van der Waals surface area contributed by atoms with E-state index in [-0.39, 0.29) is 22.0 Å². The Bertz CT molecular complexity index is 1580. The van der Waals surface area contributed by atoms with E-state index in [4.69, 9.17) is 11.6 Å². The highest BCUT2D eigenvalue weighted by molar-refractivity contribution is 8.18. The number of nitrogens with one attached hydrogen (secondary N) is 1. The zero-order chi connectivity index (χ0) is 28.0. The van der Waals surface area contributed by atoms with Crippen molar-refractivity contribution in [2.24, 2.45) is 0 Å². The highest BCUT2D eigenvalue weighted by Gasteiger charge is 2.38. The maximum absolute atomic E-state index is 13.5. The monoisotopic (exact) mass is 586 g/mol. The quantitative estimate of drug-likeness (QED) is 0.385. The van der Waals surface area contributed by atoms with Crippen molar-refractivity contribution in [3.63, 3.8) is 0 Å². The fraction of sp³-hybridized carbons (Fsp3) is 0.292. The van der Waals surface area contributed by atoms with Crippen LogP contribution in [0, 0.1) is 0 Å². The van der Waals surface area contributed by atoms with Crippen molar-refractivity contribution in [2.45, 2.75) is 39.0 Å². The van der Waals surface area contributed by atoms with Gasteiger partial charge in [-0.3, -0.25) is 19.2 Å². The number of imide groups is 1. The summed E-state index contributed by atoms with van der Waals surface area (Å²) in [5, 5.41) is 4.07. The number of aromatic nitrogens is 2. The first-order valence-electron chi connectivity index (χ1n) is 11.1. The van der Waals surface area contributed by atoms with Crippen LogP contribution in [0.3, 0.4) is 0 Å². The number of hydrogen-bond acceptors (Lipinski definition) is 6. The normalized spacial score (nSPS) is 16.3. The lowest BCUT2D eigenvalue weighted by Crippen LogP contribution is -2.46. The first-order chi connectivity index (χ1) is 17.5. The van der Waals surface area contributed by atoms with Crippen LogP contribution in [0.25, 0.3) is 17.0 Å². The van der Waals surface area contributed by atoms with Crippen LogP contribution >= 0.6 is 23.4 Å². The van der Waals surface area contributed by atoms with Crippen LogP contribution in [-0.2, 0) is 27.5 Å². The van der Waals surface area contributed by atoms with Gasteiger partial charge in [0.2, 0.25) is 10.0 Å². The van der Waals surface area contributed by atoms with Crippen molar-refractivity contribution in [3.8, 4) is 0 Å². The van der Waals surface area contributed by atoms with Gasteiger partial charge in [-0.1, -0.05) is 23.7 Å². The van der Waals surface area contributed by atoms with Crippen molar-refractivity contribution in [1.29, 1.82) is 0 Å². The van der Waals surface area contributed by atoms with Crippen LogP contribution in [0.4, 0.5) is 18.0 Å². The summed E-state index contributed by atoms with van der Waals surface area (Å²) in [5.74, 6) is -1.54. The molecule has 14 heteroatoms. The third-order valence-electron chi connectivity index (χ3n) is 5.30. The second-order valence-electron chi connectivity index (χ2n) is 9.63. The van der Waals surface area contributed by atoms with Gasteiger partial charge in [0.05, 0.1) is 28.7 Å². The number of rotatable bonds is 6. The number of alkyl halides is 3. The summed E-state index contributed by atoms with van der Waals surface area (Å²) in [6.07, 6.45) is -1.65. The van der Waals surface area contributed by atoms with E-state index in [9.17, 15) is 31.2 Å². The fourth-order valence-corrected chi connectivity index (χ4v) is 6.53. The summed E-state index contributed by atoms with van der Waals surface area (Å²) in [4.78, 5) is 25.9. The summed E-state index contributed by atoms with van der Waals surface area (Å²) in [7, 11) is -3.95. The molecule has 1 aliphatic rings. The van der Waals surface area contributed by atoms with Crippen LogP contribution < -0.4 is 4.72 Å². The Morgan fingerprint density at radius 1 is 1.11 bits per heavy atom. The van der Waals surface area contributed by atoms with Gasteiger partial charge >= 0.3 is 6.18 Å². The second-order valence-corrected chi connectivity index (χ2v) is 12.7. The molecule has 202 valence electrons. The van der Waals surface area contributed by atoms with Crippen molar-refractivity contribution >= 4 is 61.5 Å².